The first kappa shape index (κ1) is 17.6. The Labute approximate surface area is 166 Å². The van der Waals surface area contributed by atoms with Crippen molar-refractivity contribution in [3.63, 3.8) is 0 Å². The monoisotopic (exact) mass is 385 g/mol. The molecule has 3 aromatic carbocycles. The zero-order chi connectivity index (χ0) is 19.8. The van der Waals surface area contributed by atoms with E-state index >= 15 is 4.39 Å². The number of hydrogen-bond donors (Lipinski definition) is 1. The van der Waals surface area contributed by atoms with Crippen LogP contribution in [0.2, 0.25) is 0 Å². The van der Waals surface area contributed by atoms with Crippen molar-refractivity contribution in [2.45, 2.75) is 6.54 Å². The predicted molar refractivity (Wildman–Crippen MR) is 110 cm³/mol. The summed E-state index contributed by atoms with van der Waals surface area (Å²) in [5.74, 6) is -0.541. The van der Waals surface area contributed by atoms with Gasteiger partial charge in [-0.2, -0.15) is 10.2 Å². The Kier molecular flexibility index (Phi) is 4.37. The molecule has 0 saturated carbocycles. The summed E-state index contributed by atoms with van der Waals surface area (Å²) in [5, 5.41) is 12.6. The molecule has 0 saturated heterocycles. The van der Waals surface area contributed by atoms with Crippen LogP contribution >= 0.6 is 0 Å². The lowest BCUT2D eigenvalue weighted by molar-refractivity contribution is 0.600. The van der Waals surface area contributed by atoms with Gasteiger partial charge in [0.2, 0.25) is 0 Å². The normalized spacial score (nSPS) is 13.7. The van der Waals surface area contributed by atoms with Crippen molar-refractivity contribution in [1.29, 1.82) is 0 Å². The summed E-state index contributed by atoms with van der Waals surface area (Å²) in [6.45, 7) is 1.03. The van der Waals surface area contributed by atoms with Crippen LogP contribution in [0.5, 0.6) is 0 Å². The number of rotatable bonds is 2. The topological polar surface area (TPSA) is 37.8 Å². The number of hydrogen-bond acceptors (Lipinski definition) is 3. The molecule has 1 aliphatic rings. The van der Waals surface area contributed by atoms with Crippen molar-refractivity contribution in [2.75, 3.05) is 6.54 Å². The third kappa shape index (κ3) is 3.09. The molecule has 0 fully saturated rings. The molecule has 5 rings (SSSR count). The van der Waals surface area contributed by atoms with Crippen molar-refractivity contribution in [3.05, 3.63) is 101 Å². The number of benzene rings is 3. The lowest BCUT2D eigenvalue weighted by atomic mass is 9.90. The smallest absolute Gasteiger partial charge is 0.137 e. The van der Waals surface area contributed by atoms with Crippen LogP contribution in [-0.2, 0) is 6.54 Å². The Balaban J connectivity index is 1.66. The lowest BCUT2D eigenvalue weighted by Gasteiger charge is -2.15. The van der Waals surface area contributed by atoms with Crippen LogP contribution in [0.4, 0.5) is 8.78 Å². The van der Waals surface area contributed by atoms with Crippen molar-refractivity contribution in [3.8, 4) is 11.3 Å². The molecule has 0 bridgehead atoms. The number of aromatic nitrogens is 2. The van der Waals surface area contributed by atoms with E-state index in [9.17, 15) is 4.39 Å². The Morgan fingerprint density at radius 2 is 1.79 bits per heavy atom. The van der Waals surface area contributed by atoms with E-state index in [0.717, 1.165) is 22.1 Å². The summed E-state index contributed by atoms with van der Waals surface area (Å²) in [5.41, 5.74) is 4.22. The molecule has 1 N–H and O–H groups in total. The fourth-order valence-corrected chi connectivity index (χ4v) is 3.86. The van der Waals surface area contributed by atoms with Gasteiger partial charge in [0.25, 0.3) is 0 Å². The predicted octanol–water partition coefficient (Wildman–Crippen LogP) is 5.11. The van der Waals surface area contributed by atoms with Crippen LogP contribution in [0.1, 0.15) is 16.7 Å². The summed E-state index contributed by atoms with van der Waals surface area (Å²) in [6, 6.07) is 17.8. The highest BCUT2D eigenvalue weighted by Crippen LogP contribution is 2.34. The maximum absolute atomic E-state index is 15.4. The second kappa shape index (κ2) is 7.18. The minimum Gasteiger partial charge on any atom is -0.309 e. The summed E-state index contributed by atoms with van der Waals surface area (Å²) in [4.78, 5) is 0. The van der Waals surface area contributed by atoms with Gasteiger partial charge in [0, 0.05) is 35.8 Å². The third-order valence-electron chi connectivity index (χ3n) is 5.27. The fraction of sp³-hybridized carbons (Fsp3) is 0.0833. The van der Waals surface area contributed by atoms with Gasteiger partial charge in [-0.05, 0) is 52.4 Å². The zero-order valence-electron chi connectivity index (χ0n) is 15.5. The Morgan fingerprint density at radius 1 is 0.897 bits per heavy atom. The third-order valence-corrected chi connectivity index (χ3v) is 5.27. The van der Waals surface area contributed by atoms with E-state index in [1.807, 2.05) is 30.3 Å². The highest BCUT2D eigenvalue weighted by Gasteiger charge is 2.20. The van der Waals surface area contributed by atoms with Gasteiger partial charge in [-0.25, -0.2) is 8.78 Å². The van der Waals surface area contributed by atoms with Crippen molar-refractivity contribution in [2.24, 2.45) is 0 Å². The first-order valence-corrected chi connectivity index (χ1v) is 9.42. The van der Waals surface area contributed by atoms with Gasteiger partial charge in [-0.3, -0.25) is 0 Å². The first-order valence-electron chi connectivity index (χ1n) is 9.42. The van der Waals surface area contributed by atoms with E-state index in [0.29, 0.717) is 35.3 Å². The van der Waals surface area contributed by atoms with Crippen molar-refractivity contribution < 1.29 is 8.78 Å². The van der Waals surface area contributed by atoms with E-state index in [1.165, 1.54) is 6.07 Å². The van der Waals surface area contributed by atoms with E-state index in [4.69, 9.17) is 0 Å². The van der Waals surface area contributed by atoms with Crippen molar-refractivity contribution in [1.82, 2.24) is 15.5 Å². The lowest BCUT2D eigenvalue weighted by Crippen LogP contribution is -2.13. The standard InChI is InChI=1S/C24H17F2N3/c25-22-4-1-3-15-13-16(6-7-18(15)22)17-10-12-27-14-21-19(17)8-9-20(24(21)26)23-5-2-11-28-29-23/h1-11,13,27H,12,14H2. The average Bonchev–Trinajstić information content (AvgIpc) is 2.98. The summed E-state index contributed by atoms with van der Waals surface area (Å²) >= 11 is 0. The van der Waals surface area contributed by atoms with Crippen LogP contribution in [-0.4, -0.2) is 16.7 Å². The molecule has 0 aliphatic carbocycles. The second-order valence-corrected chi connectivity index (χ2v) is 6.99. The number of fused-ring (bicyclic) bond motifs is 2. The van der Waals surface area contributed by atoms with E-state index in [2.05, 4.69) is 15.5 Å². The van der Waals surface area contributed by atoms with Gasteiger partial charge in [0.05, 0.1) is 5.69 Å². The molecule has 142 valence electrons. The Bertz CT molecular complexity index is 1250. The van der Waals surface area contributed by atoms with E-state index < -0.39 is 0 Å². The van der Waals surface area contributed by atoms with Gasteiger partial charge in [0.15, 0.2) is 0 Å². The van der Waals surface area contributed by atoms with Crippen LogP contribution in [0.25, 0.3) is 27.6 Å². The van der Waals surface area contributed by atoms with Gasteiger partial charge >= 0.3 is 0 Å². The second-order valence-electron chi connectivity index (χ2n) is 6.99. The molecule has 0 atom stereocenters. The SMILES string of the molecule is Fc1c(-c2cccnn2)ccc2c1CNCC=C2c1ccc2c(F)cccc2c1. The molecule has 4 aromatic rings. The van der Waals surface area contributed by atoms with E-state index in [-0.39, 0.29) is 11.6 Å². The molecular weight excluding hydrogens is 368 g/mol. The van der Waals surface area contributed by atoms with Crippen LogP contribution in [0.3, 0.4) is 0 Å². The quantitative estimate of drug-likeness (QED) is 0.521. The molecule has 1 aromatic heterocycles. The van der Waals surface area contributed by atoms with Gasteiger partial charge in [0.1, 0.15) is 11.6 Å². The minimum absolute atomic E-state index is 0.245. The van der Waals surface area contributed by atoms with Crippen LogP contribution in [0, 0.1) is 11.6 Å². The molecule has 0 radical (unpaired) electrons. The number of halogens is 2. The maximum Gasteiger partial charge on any atom is 0.137 e. The Hall–Kier alpha value is -3.44. The molecule has 2 heterocycles. The molecule has 1 aliphatic heterocycles. The van der Waals surface area contributed by atoms with Gasteiger partial charge < -0.3 is 5.32 Å². The Morgan fingerprint density at radius 3 is 2.66 bits per heavy atom. The molecular formula is C24H17F2N3. The molecule has 0 spiro atoms. The summed E-state index contributed by atoms with van der Waals surface area (Å²) < 4.78 is 29.5. The van der Waals surface area contributed by atoms with E-state index in [1.54, 1.807) is 36.5 Å². The number of nitrogens with zero attached hydrogens (tertiary/aromatic N) is 2. The largest absolute Gasteiger partial charge is 0.309 e. The summed E-state index contributed by atoms with van der Waals surface area (Å²) in [6.07, 6.45) is 3.61. The fourth-order valence-electron chi connectivity index (χ4n) is 3.86. The highest BCUT2D eigenvalue weighted by atomic mass is 19.1. The van der Waals surface area contributed by atoms with Gasteiger partial charge in [-0.15, -0.1) is 0 Å². The maximum atomic E-state index is 15.4. The molecule has 29 heavy (non-hydrogen) atoms. The molecule has 0 unspecified atom stereocenters. The van der Waals surface area contributed by atoms with Crippen molar-refractivity contribution >= 4 is 16.3 Å². The summed E-state index contributed by atoms with van der Waals surface area (Å²) in [7, 11) is 0. The highest BCUT2D eigenvalue weighted by molar-refractivity contribution is 5.91. The minimum atomic E-state index is -0.296. The van der Waals surface area contributed by atoms with Gasteiger partial charge in [-0.1, -0.05) is 36.4 Å². The molecule has 3 nitrogen and oxygen atoms in total. The van der Waals surface area contributed by atoms with Crippen LogP contribution in [0.15, 0.2) is 72.9 Å². The first-order chi connectivity index (χ1) is 14.2. The molecule has 0 amide bonds. The average molecular weight is 385 g/mol. The van der Waals surface area contributed by atoms with Crippen LogP contribution < -0.4 is 5.32 Å². The zero-order valence-corrected chi connectivity index (χ0v) is 15.5. The number of nitrogens with one attached hydrogen (secondary N) is 1. The molecule has 5 heteroatoms.